The standard InChI is InChI=1S/C13H17N3/c1-4-16-9-14-13(15-16)12-7-5-11(6-8-12)10(2)3/h5-10H,4H2,1-3H3. The Hall–Kier alpha value is -1.64. The van der Waals surface area contributed by atoms with E-state index in [0.717, 1.165) is 17.9 Å². The Morgan fingerprint density at radius 1 is 1.19 bits per heavy atom. The summed E-state index contributed by atoms with van der Waals surface area (Å²) in [5.41, 5.74) is 2.43. The van der Waals surface area contributed by atoms with Crippen molar-refractivity contribution < 1.29 is 0 Å². The topological polar surface area (TPSA) is 30.7 Å². The van der Waals surface area contributed by atoms with E-state index in [1.807, 2.05) is 4.68 Å². The third-order valence-electron chi connectivity index (χ3n) is 2.70. The van der Waals surface area contributed by atoms with Gasteiger partial charge in [0.2, 0.25) is 0 Å². The maximum absolute atomic E-state index is 4.38. The van der Waals surface area contributed by atoms with Crippen LogP contribution in [0.5, 0.6) is 0 Å². The van der Waals surface area contributed by atoms with E-state index in [1.165, 1.54) is 5.56 Å². The lowest BCUT2D eigenvalue weighted by Gasteiger charge is -2.04. The van der Waals surface area contributed by atoms with Crippen LogP contribution in [0.25, 0.3) is 11.4 Å². The summed E-state index contributed by atoms with van der Waals surface area (Å²) in [5, 5.41) is 4.38. The molecule has 0 aliphatic rings. The predicted octanol–water partition coefficient (Wildman–Crippen LogP) is 3.09. The average molecular weight is 215 g/mol. The van der Waals surface area contributed by atoms with Crippen molar-refractivity contribution in [1.82, 2.24) is 14.8 Å². The van der Waals surface area contributed by atoms with Crippen molar-refractivity contribution in [2.45, 2.75) is 33.2 Å². The number of rotatable bonds is 3. The van der Waals surface area contributed by atoms with Crippen molar-refractivity contribution in [2.24, 2.45) is 0 Å². The Morgan fingerprint density at radius 2 is 1.88 bits per heavy atom. The van der Waals surface area contributed by atoms with E-state index in [1.54, 1.807) is 6.33 Å². The second-order valence-corrected chi connectivity index (χ2v) is 4.20. The maximum Gasteiger partial charge on any atom is 0.181 e. The molecule has 0 atom stereocenters. The van der Waals surface area contributed by atoms with Gasteiger partial charge < -0.3 is 0 Å². The normalized spacial score (nSPS) is 11.0. The zero-order valence-electron chi connectivity index (χ0n) is 10.0. The highest BCUT2D eigenvalue weighted by Crippen LogP contribution is 2.19. The molecule has 0 radical (unpaired) electrons. The summed E-state index contributed by atoms with van der Waals surface area (Å²) in [5.74, 6) is 1.37. The minimum Gasteiger partial charge on any atom is -0.253 e. The predicted molar refractivity (Wildman–Crippen MR) is 65.2 cm³/mol. The minimum atomic E-state index is 0.565. The van der Waals surface area contributed by atoms with Crippen LogP contribution in [0, 0.1) is 0 Å². The first-order valence-corrected chi connectivity index (χ1v) is 5.70. The van der Waals surface area contributed by atoms with Crippen LogP contribution in [0.3, 0.4) is 0 Å². The average Bonchev–Trinajstić information content (AvgIpc) is 2.77. The van der Waals surface area contributed by atoms with Crippen molar-refractivity contribution in [3.63, 3.8) is 0 Å². The third kappa shape index (κ3) is 2.13. The van der Waals surface area contributed by atoms with Gasteiger partial charge in [0.25, 0.3) is 0 Å². The van der Waals surface area contributed by atoms with Crippen LogP contribution in [0.15, 0.2) is 30.6 Å². The van der Waals surface area contributed by atoms with Gasteiger partial charge in [-0.25, -0.2) is 4.98 Å². The van der Waals surface area contributed by atoms with Gasteiger partial charge in [0.05, 0.1) is 0 Å². The summed E-state index contributed by atoms with van der Waals surface area (Å²) >= 11 is 0. The van der Waals surface area contributed by atoms with Crippen molar-refractivity contribution in [3.05, 3.63) is 36.2 Å². The van der Waals surface area contributed by atoms with Crippen LogP contribution < -0.4 is 0 Å². The molecule has 2 aromatic rings. The van der Waals surface area contributed by atoms with E-state index in [0.29, 0.717) is 5.92 Å². The Morgan fingerprint density at radius 3 is 2.38 bits per heavy atom. The molecular formula is C13H17N3. The molecule has 0 fully saturated rings. The van der Waals surface area contributed by atoms with E-state index >= 15 is 0 Å². The van der Waals surface area contributed by atoms with Crippen molar-refractivity contribution in [1.29, 1.82) is 0 Å². The number of nitrogens with zero attached hydrogens (tertiary/aromatic N) is 3. The number of hydrogen-bond donors (Lipinski definition) is 0. The number of hydrogen-bond acceptors (Lipinski definition) is 2. The molecule has 0 bridgehead atoms. The summed E-state index contributed by atoms with van der Waals surface area (Å²) in [7, 11) is 0. The molecule has 1 aromatic carbocycles. The van der Waals surface area contributed by atoms with Gasteiger partial charge in [0.1, 0.15) is 6.33 Å². The van der Waals surface area contributed by atoms with Gasteiger partial charge in [-0.15, -0.1) is 0 Å². The van der Waals surface area contributed by atoms with Crippen molar-refractivity contribution >= 4 is 0 Å². The zero-order chi connectivity index (χ0) is 11.5. The lowest BCUT2D eigenvalue weighted by Crippen LogP contribution is -1.94. The molecule has 1 heterocycles. The quantitative estimate of drug-likeness (QED) is 0.787. The Bertz CT molecular complexity index is 454. The fraction of sp³-hybridized carbons (Fsp3) is 0.385. The van der Waals surface area contributed by atoms with Crippen LogP contribution in [-0.4, -0.2) is 14.8 Å². The molecular weight excluding hydrogens is 198 g/mol. The molecule has 2 rings (SSSR count). The number of benzene rings is 1. The first-order valence-electron chi connectivity index (χ1n) is 5.70. The summed E-state index contributed by atoms with van der Waals surface area (Å²) in [4.78, 5) is 4.28. The molecule has 0 saturated heterocycles. The summed E-state index contributed by atoms with van der Waals surface area (Å²) in [6.45, 7) is 7.30. The van der Waals surface area contributed by atoms with E-state index in [-0.39, 0.29) is 0 Å². The molecule has 0 saturated carbocycles. The highest BCUT2D eigenvalue weighted by Gasteiger charge is 2.04. The minimum absolute atomic E-state index is 0.565. The van der Waals surface area contributed by atoms with Crippen LogP contribution >= 0.6 is 0 Å². The van der Waals surface area contributed by atoms with Gasteiger partial charge in [0.15, 0.2) is 5.82 Å². The SMILES string of the molecule is CCn1cnc(-c2ccc(C(C)C)cc2)n1. The van der Waals surface area contributed by atoms with Gasteiger partial charge >= 0.3 is 0 Å². The molecule has 3 nitrogen and oxygen atoms in total. The molecule has 0 aliphatic heterocycles. The largest absolute Gasteiger partial charge is 0.253 e. The molecule has 3 heteroatoms. The Balaban J connectivity index is 2.27. The molecule has 0 unspecified atom stereocenters. The maximum atomic E-state index is 4.38. The molecule has 1 aromatic heterocycles. The van der Waals surface area contributed by atoms with Gasteiger partial charge in [-0.1, -0.05) is 38.1 Å². The van der Waals surface area contributed by atoms with Gasteiger partial charge in [-0.2, -0.15) is 5.10 Å². The number of aromatic nitrogens is 3. The molecule has 0 spiro atoms. The Kier molecular flexibility index (Phi) is 3.04. The van der Waals surface area contributed by atoms with Crippen LogP contribution in [0.1, 0.15) is 32.3 Å². The van der Waals surface area contributed by atoms with Crippen LogP contribution in [0.2, 0.25) is 0 Å². The van der Waals surface area contributed by atoms with Crippen LogP contribution in [-0.2, 0) is 6.54 Å². The smallest absolute Gasteiger partial charge is 0.181 e. The monoisotopic (exact) mass is 215 g/mol. The van der Waals surface area contributed by atoms with E-state index in [4.69, 9.17) is 0 Å². The molecule has 0 N–H and O–H groups in total. The third-order valence-corrected chi connectivity index (χ3v) is 2.70. The molecule has 0 aliphatic carbocycles. The molecule has 0 amide bonds. The first kappa shape index (κ1) is 10.9. The zero-order valence-corrected chi connectivity index (χ0v) is 10.0. The fourth-order valence-electron chi connectivity index (χ4n) is 1.60. The van der Waals surface area contributed by atoms with Gasteiger partial charge in [0, 0.05) is 12.1 Å². The first-order chi connectivity index (χ1) is 7.70. The summed E-state index contributed by atoms with van der Waals surface area (Å²) in [6, 6.07) is 8.47. The van der Waals surface area contributed by atoms with Gasteiger partial charge in [-0.05, 0) is 18.4 Å². The van der Waals surface area contributed by atoms with Gasteiger partial charge in [-0.3, -0.25) is 4.68 Å². The summed E-state index contributed by atoms with van der Waals surface area (Å²) in [6.07, 6.45) is 1.77. The highest BCUT2D eigenvalue weighted by molar-refractivity contribution is 5.54. The van der Waals surface area contributed by atoms with Crippen LogP contribution in [0.4, 0.5) is 0 Å². The van der Waals surface area contributed by atoms with Crippen molar-refractivity contribution in [3.8, 4) is 11.4 Å². The lowest BCUT2D eigenvalue weighted by molar-refractivity contribution is 0.659. The highest BCUT2D eigenvalue weighted by atomic mass is 15.3. The molecule has 84 valence electrons. The second-order valence-electron chi connectivity index (χ2n) is 4.20. The number of aryl methyl sites for hydroxylation is 1. The van der Waals surface area contributed by atoms with Crippen molar-refractivity contribution in [2.75, 3.05) is 0 Å². The summed E-state index contributed by atoms with van der Waals surface area (Å²) < 4.78 is 1.84. The van der Waals surface area contributed by atoms with E-state index < -0.39 is 0 Å². The lowest BCUT2D eigenvalue weighted by atomic mass is 10.0. The Labute approximate surface area is 96.1 Å². The fourth-order valence-corrected chi connectivity index (χ4v) is 1.60. The molecule has 16 heavy (non-hydrogen) atoms. The van der Waals surface area contributed by atoms with E-state index in [9.17, 15) is 0 Å². The van der Waals surface area contributed by atoms with E-state index in [2.05, 4.69) is 55.1 Å². The second kappa shape index (κ2) is 4.47.